The number of ether oxygens (including phenoxy) is 2. The second-order valence-corrected chi connectivity index (χ2v) is 7.13. The highest BCUT2D eigenvalue weighted by molar-refractivity contribution is 14.1. The summed E-state index contributed by atoms with van der Waals surface area (Å²) in [5.41, 5.74) is -0.347. The first-order chi connectivity index (χ1) is 8.34. The van der Waals surface area contributed by atoms with Crippen LogP contribution in [0.3, 0.4) is 0 Å². The molecule has 5 heteroatoms. The molecule has 4 nitrogen and oxygen atoms in total. The van der Waals surface area contributed by atoms with Gasteiger partial charge in [-0.05, 0) is 33.6 Å². The molecule has 0 N–H and O–H groups in total. The Balaban J connectivity index is 1.79. The van der Waals surface area contributed by atoms with Gasteiger partial charge in [0.05, 0.1) is 11.7 Å². The van der Waals surface area contributed by atoms with Gasteiger partial charge in [-0.25, -0.2) is 4.79 Å². The van der Waals surface area contributed by atoms with Crippen LogP contribution in [0, 0.1) is 0 Å². The third-order valence-electron chi connectivity index (χ3n) is 3.51. The maximum absolute atomic E-state index is 11.9. The minimum absolute atomic E-state index is 0.0638. The van der Waals surface area contributed by atoms with Crippen molar-refractivity contribution in [2.45, 2.75) is 57.3 Å². The molecule has 0 aliphatic carbocycles. The van der Waals surface area contributed by atoms with E-state index in [9.17, 15) is 4.79 Å². The summed E-state index contributed by atoms with van der Waals surface area (Å²) in [6.07, 6.45) is 3.28. The molecule has 2 aliphatic rings. The van der Waals surface area contributed by atoms with Gasteiger partial charge in [0.2, 0.25) is 0 Å². The van der Waals surface area contributed by atoms with Crippen molar-refractivity contribution in [2.75, 3.05) is 17.5 Å². The Morgan fingerprint density at radius 1 is 1.44 bits per heavy atom. The van der Waals surface area contributed by atoms with Gasteiger partial charge >= 0.3 is 6.09 Å². The molecule has 0 unspecified atom stereocenters. The minimum Gasteiger partial charge on any atom is -0.444 e. The lowest BCUT2D eigenvalue weighted by molar-refractivity contribution is -0.213. The molecule has 2 fully saturated rings. The summed E-state index contributed by atoms with van der Waals surface area (Å²) in [5, 5.41) is 0. The predicted molar refractivity (Wildman–Crippen MR) is 78.1 cm³/mol. The third kappa shape index (κ3) is 3.29. The number of likely N-dealkylation sites (tertiary alicyclic amines) is 1. The van der Waals surface area contributed by atoms with Gasteiger partial charge < -0.3 is 14.4 Å². The maximum atomic E-state index is 11.9. The van der Waals surface area contributed by atoms with Crippen LogP contribution in [0.4, 0.5) is 4.79 Å². The SMILES string of the molecule is CC(C)(C)OC(=O)N1CCC2(CC1)C[C@@H](CI)O2. The zero-order chi connectivity index (χ0) is 13.4. The van der Waals surface area contributed by atoms with E-state index >= 15 is 0 Å². The van der Waals surface area contributed by atoms with Crippen molar-refractivity contribution in [3.63, 3.8) is 0 Å². The van der Waals surface area contributed by atoms with Crippen LogP contribution in [0.5, 0.6) is 0 Å². The van der Waals surface area contributed by atoms with E-state index in [0.29, 0.717) is 6.10 Å². The smallest absolute Gasteiger partial charge is 0.410 e. The number of alkyl halides is 1. The zero-order valence-electron chi connectivity index (χ0n) is 11.4. The summed E-state index contributed by atoms with van der Waals surface area (Å²) in [6, 6.07) is 0. The van der Waals surface area contributed by atoms with E-state index < -0.39 is 5.60 Å². The van der Waals surface area contributed by atoms with Crippen LogP contribution in [0.2, 0.25) is 0 Å². The molecule has 0 bridgehead atoms. The average molecular weight is 367 g/mol. The van der Waals surface area contributed by atoms with Crippen LogP contribution in [-0.2, 0) is 9.47 Å². The molecule has 0 aromatic carbocycles. The molecule has 18 heavy (non-hydrogen) atoms. The molecule has 0 saturated carbocycles. The average Bonchev–Trinajstić information content (AvgIpc) is 2.23. The highest BCUT2D eigenvalue weighted by Crippen LogP contribution is 2.41. The fourth-order valence-electron chi connectivity index (χ4n) is 2.59. The van der Waals surface area contributed by atoms with Crippen LogP contribution < -0.4 is 0 Å². The zero-order valence-corrected chi connectivity index (χ0v) is 13.5. The molecular weight excluding hydrogens is 345 g/mol. The summed E-state index contributed by atoms with van der Waals surface area (Å²) in [7, 11) is 0. The van der Waals surface area contributed by atoms with Gasteiger partial charge in [0, 0.05) is 23.9 Å². The molecule has 0 aromatic rings. The van der Waals surface area contributed by atoms with E-state index in [1.165, 1.54) is 0 Å². The third-order valence-corrected chi connectivity index (χ3v) is 4.50. The topological polar surface area (TPSA) is 38.8 Å². The number of amides is 1. The van der Waals surface area contributed by atoms with Crippen LogP contribution in [0.25, 0.3) is 0 Å². The molecule has 0 aromatic heterocycles. The molecule has 1 spiro atoms. The van der Waals surface area contributed by atoms with E-state index in [0.717, 1.165) is 36.8 Å². The van der Waals surface area contributed by atoms with Crippen molar-refractivity contribution in [2.24, 2.45) is 0 Å². The summed E-state index contributed by atoms with van der Waals surface area (Å²) in [5.74, 6) is 0. The van der Waals surface area contributed by atoms with E-state index in [1.807, 2.05) is 20.8 Å². The van der Waals surface area contributed by atoms with Crippen molar-refractivity contribution < 1.29 is 14.3 Å². The molecule has 1 atom stereocenters. The van der Waals surface area contributed by atoms with Crippen molar-refractivity contribution in [1.82, 2.24) is 4.90 Å². The molecule has 2 saturated heterocycles. The van der Waals surface area contributed by atoms with Gasteiger partial charge in [-0.3, -0.25) is 0 Å². The van der Waals surface area contributed by atoms with Crippen molar-refractivity contribution in [3.05, 3.63) is 0 Å². The quantitative estimate of drug-likeness (QED) is 0.528. The molecule has 0 radical (unpaired) electrons. The molecule has 104 valence electrons. The van der Waals surface area contributed by atoms with Gasteiger partial charge in [0.25, 0.3) is 0 Å². The van der Waals surface area contributed by atoms with Gasteiger partial charge in [0.15, 0.2) is 0 Å². The highest BCUT2D eigenvalue weighted by Gasteiger charge is 2.47. The van der Waals surface area contributed by atoms with Crippen LogP contribution in [0.15, 0.2) is 0 Å². The number of hydrogen-bond donors (Lipinski definition) is 0. The number of carbonyl (C=O) groups is 1. The number of nitrogens with zero attached hydrogens (tertiary/aromatic N) is 1. The highest BCUT2D eigenvalue weighted by atomic mass is 127. The molecule has 2 heterocycles. The largest absolute Gasteiger partial charge is 0.444 e. The van der Waals surface area contributed by atoms with Crippen LogP contribution in [-0.4, -0.2) is 45.8 Å². The Kier molecular flexibility index (Phi) is 4.11. The summed E-state index contributed by atoms with van der Waals surface area (Å²) in [4.78, 5) is 13.7. The molecule has 2 aliphatic heterocycles. The Morgan fingerprint density at radius 2 is 2.00 bits per heavy atom. The van der Waals surface area contributed by atoms with Crippen LogP contribution in [0.1, 0.15) is 40.0 Å². The lowest BCUT2D eigenvalue weighted by Crippen LogP contribution is -2.58. The first kappa shape index (κ1) is 14.4. The number of rotatable bonds is 1. The van der Waals surface area contributed by atoms with Crippen molar-refractivity contribution >= 4 is 28.7 Å². The van der Waals surface area contributed by atoms with Gasteiger partial charge in [-0.1, -0.05) is 22.6 Å². The summed E-state index contributed by atoms with van der Waals surface area (Å²) < 4.78 is 12.4. The summed E-state index contributed by atoms with van der Waals surface area (Å²) in [6.45, 7) is 7.20. The standard InChI is InChI=1S/C13H22INO3/c1-12(2,3)18-11(16)15-6-4-13(5-7-15)8-10(9-14)17-13/h10H,4-9H2,1-3H3/t10-/m0/s1. The number of piperidine rings is 1. The number of halogens is 1. The van der Waals surface area contributed by atoms with Gasteiger partial charge in [-0.2, -0.15) is 0 Å². The normalized spacial score (nSPS) is 26.9. The van der Waals surface area contributed by atoms with Gasteiger partial charge in [0.1, 0.15) is 5.60 Å². The first-order valence-corrected chi connectivity index (χ1v) is 8.08. The summed E-state index contributed by atoms with van der Waals surface area (Å²) >= 11 is 2.36. The fourth-order valence-corrected chi connectivity index (χ4v) is 3.08. The van der Waals surface area contributed by atoms with E-state index in [2.05, 4.69) is 22.6 Å². The van der Waals surface area contributed by atoms with E-state index in [1.54, 1.807) is 4.90 Å². The monoisotopic (exact) mass is 367 g/mol. The number of carbonyl (C=O) groups excluding carboxylic acids is 1. The van der Waals surface area contributed by atoms with E-state index in [4.69, 9.17) is 9.47 Å². The fraction of sp³-hybridized carbons (Fsp3) is 0.923. The Bertz CT molecular complexity index is 311. The Morgan fingerprint density at radius 3 is 2.44 bits per heavy atom. The maximum Gasteiger partial charge on any atom is 0.410 e. The number of hydrogen-bond acceptors (Lipinski definition) is 3. The second-order valence-electron chi connectivity index (χ2n) is 6.25. The van der Waals surface area contributed by atoms with Crippen LogP contribution >= 0.6 is 22.6 Å². The Hall–Kier alpha value is -0.0400. The van der Waals surface area contributed by atoms with Crippen molar-refractivity contribution in [1.29, 1.82) is 0 Å². The minimum atomic E-state index is -0.411. The first-order valence-electron chi connectivity index (χ1n) is 6.55. The van der Waals surface area contributed by atoms with Gasteiger partial charge in [-0.15, -0.1) is 0 Å². The molecule has 1 amide bonds. The predicted octanol–water partition coefficient (Wildman–Crippen LogP) is 2.98. The molecular formula is C13H22INO3. The lowest BCUT2D eigenvalue weighted by atomic mass is 9.81. The molecule has 2 rings (SSSR count). The van der Waals surface area contributed by atoms with Crippen molar-refractivity contribution in [3.8, 4) is 0 Å². The van der Waals surface area contributed by atoms with E-state index in [-0.39, 0.29) is 11.7 Å². The second kappa shape index (κ2) is 5.15. The Labute approximate surface area is 123 Å². The lowest BCUT2D eigenvalue weighted by Gasteiger charge is -2.51.